The topological polar surface area (TPSA) is 102 Å². The van der Waals surface area contributed by atoms with Crippen LogP contribution in [0.3, 0.4) is 0 Å². The molecule has 0 bridgehead atoms. The van der Waals surface area contributed by atoms with E-state index in [1.165, 1.54) is 28.7 Å². The van der Waals surface area contributed by atoms with Crippen molar-refractivity contribution in [1.29, 1.82) is 0 Å². The van der Waals surface area contributed by atoms with Gasteiger partial charge in [0.2, 0.25) is 5.91 Å². The van der Waals surface area contributed by atoms with Crippen LogP contribution in [0, 0.1) is 10.1 Å². The van der Waals surface area contributed by atoms with Crippen molar-refractivity contribution >= 4 is 23.2 Å². The van der Waals surface area contributed by atoms with Crippen LogP contribution in [0.1, 0.15) is 23.6 Å². The summed E-state index contributed by atoms with van der Waals surface area (Å²) in [5.74, 6) is -0.381. The second-order valence-corrected chi connectivity index (χ2v) is 6.54. The number of carbonyl (C=O) groups is 2. The van der Waals surface area contributed by atoms with E-state index < -0.39 is 10.8 Å². The summed E-state index contributed by atoms with van der Waals surface area (Å²) >= 11 is 0. The molecule has 2 aromatic rings. The maximum absolute atomic E-state index is 12.6. The van der Waals surface area contributed by atoms with E-state index in [-0.39, 0.29) is 36.5 Å². The van der Waals surface area contributed by atoms with E-state index in [1.54, 1.807) is 0 Å². The summed E-state index contributed by atoms with van der Waals surface area (Å²) in [6, 6.07) is 11.9. The van der Waals surface area contributed by atoms with Crippen molar-refractivity contribution < 1.29 is 19.2 Å². The predicted molar refractivity (Wildman–Crippen MR) is 96.6 cm³/mol. The molecule has 27 heavy (non-hydrogen) atoms. The fourth-order valence-corrected chi connectivity index (χ4v) is 3.57. The zero-order valence-electron chi connectivity index (χ0n) is 14.4. The van der Waals surface area contributed by atoms with Gasteiger partial charge in [-0.25, -0.2) is 0 Å². The van der Waals surface area contributed by atoms with Crippen molar-refractivity contribution in [3.63, 3.8) is 0 Å². The van der Waals surface area contributed by atoms with Gasteiger partial charge in [0, 0.05) is 12.1 Å². The third-order valence-corrected chi connectivity index (χ3v) is 4.87. The number of nitrogens with one attached hydrogen (secondary N) is 1. The Morgan fingerprint density at radius 2 is 2.11 bits per heavy atom. The molecule has 0 saturated carbocycles. The lowest BCUT2D eigenvalue weighted by molar-refractivity contribution is -0.384. The number of nitro groups is 1. The smallest absolute Gasteiger partial charge is 0.271 e. The molecule has 2 amide bonds. The SMILES string of the molecule is O=C(CN1C(=O)COc2ccc([N+](=O)[O-])cc21)NC1CCc2ccccc21. The fourth-order valence-electron chi connectivity index (χ4n) is 3.57. The maximum atomic E-state index is 12.6. The second kappa shape index (κ2) is 6.71. The number of nitro benzene ring substituents is 1. The Kier molecular flexibility index (Phi) is 4.23. The molecule has 138 valence electrons. The Labute approximate surface area is 154 Å². The fraction of sp³-hybridized carbons (Fsp3) is 0.263. The van der Waals surface area contributed by atoms with Crippen LogP contribution in [-0.2, 0) is 16.0 Å². The molecule has 0 saturated heterocycles. The predicted octanol–water partition coefficient (Wildman–Crippen LogP) is 2.12. The molecule has 2 aliphatic rings. The molecule has 0 radical (unpaired) electrons. The summed E-state index contributed by atoms with van der Waals surface area (Å²) < 4.78 is 5.32. The number of rotatable bonds is 4. The number of aryl methyl sites for hydroxylation is 1. The molecule has 8 nitrogen and oxygen atoms in total. The first-order valence-electron chi connectivity index (χ1n) is 8.61. The van der Waals surface area contributed by atoms with E-state index in [4.69, 9.17) is 4.74 Å². The third kappa shape index (κ3) is 3.21. The highest BCUT2D eigenvalue weighted by molar-refractivity contribution is 6.02. The van der Waals surface area contributed by atoms with Crippen molar-refractivity contribution in [2.75, 3.05) is 18.1 Å². The van der Waals surface area contributed by atoms with Crippen molar-refractivity contribution in [2.24, 2.45) is 0 Å². The monoisotopic (exact) mass is 367 g/mol. The van der Waals surface area contributed by atoms with E-state index in [9.17, 15) is 19.7 Å². The van der Waals surface area contributed by atoms with Crippen LogP contribution < -0.4 is 15.0 Å². The molecule has 1 aliphatic heterocycles. The van der Waals surface area contributed by atoms with Crippen LogP contribution in [0.5, 0.6) is 5.75 Å². The largest absolute Gasteiger partial charge is 0.482 e. The molecule has 1 atom stereocenters. The van der Waals surface area contributed by atoms with Crippen LogP contribution in [0.4, 0.5) is 11.4 Å². The van der Waals surface area contributed by atoms with Gasteiger partial charge in [-0.1, -0.05) is 24.3 Å². The Hall–Kier alpha value is -3.42. The molecule has 4 rings (SSSR count). The number of non-ortho nitro benzene ring substituents is 1. The summed E-state index contributed by atoms with van der Waals surface area (Å²) in [5.41, 5.74) is 2.38. The highest BCUT2D eigenvalue weighted by Crippen LogP contribution is 2.35. The van der Waals surface area contributed by atoms with Crippen LogP contribution in [0.2, 0.25) is 0 Å². The zero-order chi connectivity index (χ0) is 19.0. The molecule has 1 aliphatic carbocycles. The molecule has 0 spiro atoms. The number of hydrogen-bond acceptors (Lipinski definition) is 5. The van der Waals surface area contributed by atoms with Crippen LogP contribution in [0.15, 0.2) is 42.5 Å². The number of fused-ring (bicyclic) bond motifs is 2. The summed E-state index contributed by atoms with van der Waals surface area (Å²) in [6.07, 6.45) is 1.71. The molecule has 8 heteroatoms. The first-order valence-corrected chi connectivity index (χ1v) is 8.61. The highest BCUT2D eigenvalue weighted by Gasteiger charge is 2.30. The molecular weight excluding hydrogens is 350 g/mol. The van der Waals surface area contributed by atoms with Crippen molar-refractivity contribution in [3.05, 3.63) is 63.7 Å². The first-order chi connectivity index (χ1) is 13.0. The van der Waals surface area contributed by atoms with Gasteiger partial charge < -0.3 is 10.1 Å². The average molecular weight is 367 g/mol. The minimum absolute atomic E-state index is 0.0885. The molecule has 1 unspecified atom stereocenters. The maximum Gasteiger partial charge on any atom is 0.271 e. The highest BCUT2D eigenvalue weighted by atomic mass is 16.6. The quantitative estimate of drug-likeness (QED) is 0.659. The van der Waals surface area contributed by atoms with Crippen LogP contribution >= 0.6 is 0 Å². The van der Waals surface area contributed by atoms with Gasteiger partial charge in [-0.2, -0.15) is 0 Å². The van der Waals surface area contributed by atoms with Gasteiger partial charge >= 0.3 is 0 Å². The van der Waals surface area contributed by atoms with Crippen LogP contribution in [0.25, 0.3) is 0 Å². The third-order valence-electron chi connectivity index (χ3n) is 4.87. The van der Waals surface area contributed by atoms with E-state index in [0.29, 0.717) is 5.75 Å². The van der Waals surface area contributed by atoms with Gasteiger partial charge in [-0.15, -0.1) is 0 Å². The van der Waals surface area contributed by atoms with Crippen molar-refractivity contribution in [3.8, 4) is 5.75 Å². The Morgan fingerprint density at radius 1 is 1.30 bits per heavy atom. The minimum Gasteiger partial charge on any atom is -0.482 e. The standard InChI is InChI=1S/C19H17N3O5/c23-18(20-15-7-5-12-3-1-2-4-14(12)15)10-21-16-9-13(22(25)26)6-8-17(16)27-11-19(21)24/h1-4,6,8-9,15H,5,7,10-11H2,(H,20,23). The molecule has 2 aromatic carbocycles. The minimum atomic E-state index is -0.549. The summed E-state index contributed by atoms with van der Waals surface area (Å²) in [7, 11) is 0. The number of carbonyl (C=O) groups excluding carboxylic acids is 2. The Morgan fingerprint density at radius 3 is 2.93 bits per heavy atom. The van der Waals surface area contributed by atoms with E-state index in [2.05, 4.69) is 5.32 Å². The van der Waals surface area contributed by atoms with E-state index >= 15 is 0 Å². The van der Waals surface area contributed by atoms with E-state index in [0.717, 1.165) is 18.4 Å². The lowest BCUT2D eigenvalue weighted by Crippen LogP contribution is -2.45. The number of benzene rings is 2. The van der Waals surface area contributed by atoms with E-state index in [1.807, 2.05) is 24.3 Å². The zero-order valence-corrected chi connectivity index (χ0v) is 14.4. The summed E-state index contributed by atoms with van der Waals surface area (Å²) in [5, 5.41) is 14.0. The van der Waals surface area contributed by atoms with Gasteiger partial charge in [-0.05, 0) is 30.0 Å². The number of ether oxygens (including phenoxy) is 1. The summed E-state index contributed by atoms with van der Waals surface area (Å²) in [6.45, 7) is -0.417. The molecule has 0 fully saturated rings. The molecule has 1 heterocycles. The van der Waals surface area contributed by atoms with Crippen LogP contribution in [-0.4, -0.2) is 29.9 Å². The Balaban J connectivity index is 1.53. The van der Waals surface area contributed by atoms with Crippen molar-refractivity contribution in [2.45, 2.75) is 18.9 Å². The molecular formula is C19H17N3O5. The van der Waals surface area contributed by atoms with Gasteiger partial charge in [0.1, 0.15) is 12.3 Å². The van der Waals surface area contributed by atoms with Crippen molar-refractivity contribution in [1.82, 2.24) is 5.32 Å². The number of amides is 2. The summed E-state index contributed by atoms with van der Waals surface area (Å²) in [4.78, 5) is 36.5. The number of hydrogen-bond donors (Lipinski definition) is 1. The van der Waals surface area contributed by atoms with Gasteiger partial charge in [0.05, 0.1) is 16.7 Å². The first kappa shape index (κ1) is 17.0. The molecule has 0 aromatic heterocycles. The number of anilines is 1. The Bertz CT molecular complexity index is 943. The number of nitrogens with zero attached hydrogens (tertiary/aromatic N) is 2. The van der Waals surface area contributed by atoms with Gasteiger partial charge in [0.15, 0.2) is 6.61 Å². The lowest BCUT2D eigenvalue weighted by Gasteiger charge is -2.29. The van der Waals surface area contributed by atoms with Gasteiger partial charge in [0.25, 0.3) is 11.6 Å². The lowest BCUT2D eigenvalue weighted by atomic mass is 10.1. The van der Waals surface area contributed by atoms with Gasteiger partial charge in [-0.3, -0.25) is 24.6 Å². The average Bonchev–Trinajstić information content (AvgIpc) is 3.06. The molecule has 1 N–H and O–H groups in total. The second-order valence-electron chi connectivity index (χ2n) is 6.54. The normalized spacial score (nSPS) is 17.7.